The molecule has 0 saturated heterocycles. The fourth-order valence-corrected chi connectivity index (χ4v) is 2.96. The van der Waals surface area contributed by atoms with Crippen molar-refractivity contribution in [1.82, 2.24) is 5.32 Å². The second-order valence-corrected chi connectivity index (χ2v) is 5.84. The molecule has 0 radical (unpaired) electrons. The molecule has 0 aliphatic carbocycles. The molecule has 0 spiro atoms. The van der Waals surface area contributed by atoms with Gasteiger partial charge in [-0.1, -0.05) is 42.8 Å². The zero-order chi connectivity index (χ0) is 14.7. The summed E-state index contributed by atoms with van der Waals surface area (Å²) < 4.78 is 5.59. The van der Waals surface area contributed by atoms with Crippen LogP contribution >= 0.6 is 11.6 Å². The first-order valence-electron chi connectivity index (χ1n) is 7.49. The molecule has 1 heterocycles. The Kier molecular flexibility index (Phi) is 4.47. The fraction of sp³-hybridized carbons (Fsp3) is 0.333. The van der Waals surface area contributed by atoms with Crippen molar-refractivity contribution in [2.45, 2.75) is 25.8 Å². The van der Waals surface area contributed by atoms with Gasteiger partial charge in [0.25, 0.3) is 0 Å². The van der Waals surface area contributed by atoms with Crippen molar-refractivity contribution in [3.05, 3.63) is 64.2 Å². The summed E-state index contributed by atoms with van der Waals surface area (Å²) in [5, 5.41) is 4.36. The van der Waals surface area contributed by atoms with Gasteiger partial charge in [0.05, 0.1) is 6.61 Å². The number of halogens is 1. The lowest BCUT2D eigenvalue weighted by molar-refractivity contribution is 0.356. The first-order chi connectivity index (χ1) is 10.3. The van der Waals surface area contributed by atoms with Crippen LogP contribution in [-0.4, -0.2) is 13.2 Å². The fourth-order valence-electron chi connectivity index (χ4n) is 2.83. The minimum Gasteiger partial charge on any atom is -0.493 e. The highest BCUT2D eigenvalue weighted by atomic mass is 35.5. The summed E-state index contributed by atoms with van der Waals surface area (Å²) in [5.41, 5.74) is 3.95. The van der Waals surface area contributed by atoms with Crippen molar-refractivity contribution in [2.24, 2.45) is 0 Å². The van der Waals surface area contributed by atoms with E-state index in [1.54, 1.807) is 0 Å². The predicted molar refractivity (Wildman–Crippen MR) is 87.2 cm³/mol. The third-order valence-electron chi connectivity index (χ3n) is 3.92. The first-order valence-corrected chi connectivity index (χ1v) is 7.87. The number of fused-ring (bicyclic) bond motifs is 1. The molecule has 1 atom stereocenters. The summed E-state index contributed by atoms with van der Waals surface area (Å²) in [5.74, 6) is 1.04. The number of ether oxygens (including phenoxy) is 1. The van der Waals surface area contributed by atoms with Crippen molar-refractivity contribution in [3.8, 4) is 5.75 Å². The normalized spacial score (nSPS) is 14.6. The lowest BCUT2D eigenvalue weighted by Crippen LogP contribution is -2.23. The Labute approximate surface area is 131 Å². The summed E-state index contributed by atoms with van der Waals surface area (Å²) in [4.78, 5) is 0. The van der Waals surface area contributed by atoms with Gasteiger partial charge in [-0.2, -0.15) is 0 Å². The number of hydrogen-bond acceptors (Lipinski definition) is 2. The third kappa shape index (κ3) is 3.39. The maximum atomic E-state index is 5.96. The van der Waals surface area contributed by atoms with E-state index >= 15 is 0 Å². The maximum Gasteiger partial charge on any atom is 0.122 e. The number of nitrogens with one attached hydrogen (secondary N) is 1. The van der Waals surface area contributed by atoms with Gasteiger partial charge >= 0.3 is 0 Å². The number of hydrogen-bond donors (Lipinski definition) is 1. The maximum absolute atomic E-state index is 5.96. The minimum absolute atomic E-state index is 0.321. The van der Waals surface area contributed by atoms with E-state index in [2.05, 4.69) is 42.6 Å². The molecule has 21 heavy (non-hydrogen) atoms. The number of likely N-dealkylation sites (N-methyl/N-ethyl adjacent to an activating group) is 1. The van der Waals surface area contributed by atoms with Gasteiger partial charge in [-0.3, -0.25) is 0 Å². The van der Waals surface area contributed by atoms with Crippen molar-refractivity contribution >= 4 is 11.6 Å². The van der Waals surface area contributed by atoms with Crippen LogP contribution in [0, 0.1) is 0 Å². The summed E-state index contributed by atoms with van der Waals surface area (Å²) >= 11 is 5.96. The lowest BCUT2D eigenvalue weighted by Gasteiger charge is -2.19. The van der Waals surface area contributed by atoms with Crippen molar-refractivity contribution in [3.63, 3.8) is 0 Å². The molecular weight excluding hydrogens is 282 g/mol. The molecule has 2 nitrogen and oxygen atoms in total. The van der Waals surface area contributed by atoms with E-state index in [1.807, 2.05) is 12.1 Å². The zero-order valence-electron chi connectivity index (χ0n) is 12.2. The van der Waals surface area contributed by atoms with Gasteiger partial charge in [-0.05, 0) is 47.9 Å². The summed E-state index contributed by atoms with van der Waals surface area (Å²) in [7, 11) is 0. The Bertz CT molecular complexity index is 609. The van der Waals surface area contributed by atoms with Gasteiger partial charge < -0.3 is 10.1 Å². The Balaban J connectivity index is 1.82. The highest BCUT2D eigenvalue weighted by Crippen LogP contribution is 2.29. The molecular formula is C18H20ClNO. The minimum atomic E-state index is 0.321. The highest BCUT2D eigenvalue weighted by molar-refractivity contribution is 6.30. The van der Waals surface area contributed by atoms with Gasteiger partial charge in [-0.15, -0.1) is 0 Å². The molecule has 0 saturated carbocycles. The van der Waals surface area contributed by atoms with E-state index in [9.17, 15) is 0 Å². The van der Waals surface area contributed by atoms with Gasteiger partial charge in [0.1, 0.15) is 5.75 Å². The summed E-state index contributed by atoms with van der Waals surface area (Å²) in [6.45, 7) is 3.90. The second kappa shape index (κ2) is 6.50. The van der Waals surface area contributed by atoms with E-state index in [0.29, 0.717) is 6.04 Å². The van der Waals surface area contributed by atoms with Gasteiger partial charge in [0, 0.05) is 17.5 Å². The molecule has 2 aromatic rings. The molecule has 1 aliphatic heterocycles. The van der Waals surface area contributed by atoms with E-state index in [-0.39, 0.29) is 0 Å². The molecule has 0 amide bonds. The Morgan fingerprint density at radius 2 is 2.00 bits per heavy atom. The molecule has 0 aromatic heterocycles. The van der Waals surface area contributed by atoms with Crippen LogP contribution < -0.4 is 10.1 Å². The van der Waals surface area contributed by atoms with Crippen LogP contribution in [0.15, 0.2) is 42.5 Å². The predicted octanol–water partition coefficient (Wildman–Crippen LogP) is 4.17. The van der Waals surface area contributed by atoms with Gasteiger partial charge in [0.15, 0.2) is 0 Å². The summed E-state index contributed by atoms with van der Waals surface area (Å²) in [6.07, 6.45) is 1.98. The smallest absolute Gasteiger partial charge is 0.122 e. The van der Waals surface area contributed by atoms with E-state index in [1.165, 1.54) is 16.7 Å². The zero-order valence-corrected chi connectivity index (χ0v) is 13.0. The average Bonchev–Trinajstić information content (AvgIpc) is 2.96. The van der Waals surface area contributed by atoms with Crippen LogP contribution in [0.4, 0.5) is 0 Å². The van der Waals surface area contributed by atoms with Gasteiger partial charge in [0.2, 0.25) is 0 Å². The topological polar surface area (TPSA) is 21.3 Å². The monoisotopic (exact) mass is 301 g/mol. The molecule has 3 rings (SSSR count). The van der Waals surface area contributed by atoms with Crippen molar-refractivity contribution in [1.29, 1.82) is 0 Å². The average molecular weight is 302 g/mol. The molecule has 1 unspecified atom stereocenters. The van der Waals surface area contributed by atoms with Crippen LogP contribution in [0.25, 0.3) is 0 Å². The number of benzene rings is 2. The molecule has 0 fully saturated rings. The number of rotatable bonds is 5. The van der Waals surface area contributed by atoms with Crippen LogP contribution in [0.2, 0.25) is 5.02 Å². The molecule has 0 bridgehead atoms. The van der Waals surface area contributed by atoms with Crippen molar-refractivity contribution < 1.29 is 4.74 Å². The van der Waals surface area contributed by atoms with E-state index < -0.39 is 0 Å². The molecule has 1 aliphatic rings. The molecule has 3 heteroatoms. The van der Waals surface area contributed by atoms with Gasteiger partial charge in [-0.25, -0.2) is 0 Å². The van der Waals surface area contributed by atoms with E-state index in [0.717, 1.165) is 36.8 Å². The van der Waals surface area contributed by atoms with Crippen LogP contribution in [0.3, 0.4) is 0 Å². The Hall–Kier alpha value is -1.51. The second-order valence-electron chi connectivity index (χ2n) is 5.41. The SMILES string of the molecule is CCNC(Cc1ccc(Cl)cc1)c1ccc2c(c1)CCO2. The third-order valence-corrected chi connectivity index (χ3v) is 4.17. The quantitative estimate of drug-likeness (QED) is 0.895. The molecule has 2 aromatic carbocycles. The largest absolute Gasteiger partial charge is 0.493 e. The van der Waals surface area contributed by atoms with Crippen LogP contribution in [0.5, 0.6) is 5.75 Å². The lowest BCUT2D eigenvalue weighted by atomic mass is 9.96. The Morgan fingerprint density at radius 1 is 1.19 bits per heavy atom. The standard InChI is InChI=1S/C18H20ClNO/c1-2-20-17(11-13-3-6-16(19)7-4-13)14-5-8-18-15(12-14)9-10-21-18/h3-8,12,17,20H,2,9-11H2,1H3. The van der Waals surface area contributed by atoms with Crippen LogP contribution in [0.1, 0.15) is 29.7 Å². The molecule has 110 valence electrons. The van der Waals surface area contributed by atoms with E-state index in [4.69, 9.17) is 16.3 Å². The summed E-state index contributed by atoms with van der Waals surface area (Å²) in [6, 6.07) is 15.0. The highest BCUT2D eigenvalue weighted by Gasteiger charge is 2.16. The Morgan fingerprint density at radius 3 is 2.76 bits per heavy atom. The van der Waals surface area contributed by atoms with Crippen molar-refractivity contribution in [2.75, 3.05) is 13.2 Å². The molecule has 1 N–H and O–H groups in total. The van der Waals surface area contributed by atoms with Crippen LogP contribution in [-0.2, 0) is 12.8 Å². The first kappa shape index (κ1) is 14.4.